The van der Waals surface area contributed by atoms with Gasteiger partial charge in [0.25, 0.3) is 11.8 Å². The molecule has 0 aliphatic rings. The van der Waals surface area contributed by atoms with E-state index in [1.54, 1.807) is 18.2 Å². The molecular formula is C17H13F2N3O4. The monoisotopic (exact) mass is 361 g/mol. The molecule has 0 aliphatic carbocycles. The highest BCUT2D eigenvalue weighted by atomic mass is 19.1. The van der Waals surface area contributed by atoms with E-state index < -0.39 is 23.1 Å². The number of nitrogens with zero attached hydrogens (tertiary/aromatic N) is 2. The summed E-state index contributed by atoms with van der Waals surface area (Å²) < 4.78 is 43.0. The van der Waals surface area contributed by atoms with Crippen LogP contribution in [0.3, 0.4) is 0 Å². The molecule has 1 amide bonds. The van der Waals surface area contributed by atoms with Gasteiger partial charge in [0.05, 0.1) is 19.8 Å². The number of hydrogen-bond acceptors (Lipinski definition) is 6. The zero-order valence-corrected chi connectivity index (χ0v) is 13.7. The molecular weight excluding hydrogens is 348 g/mol. The summed E-state index contributed by atoms with van der Waals surface area (Å²) >= 11 is 0. The van der Waals surface area contributed by atoms with Gasteiger partial charge in [-0.1, -0.05) is 11.2 Å². The summed E-state index contributed by atoms with van der Waals surface area (Å²) in [4.78, 5) is 12.0. The number of rotatable bonds is 5. The zero-order valence-electron chi connectivity index (χ0n) is 13.7. The highest BCUT2D eigenvalue weighted by Gasteiger charge is 2.20. The normalized spacial score (nSPS) is 10.5. The number of benzene rings is 2. The Balaban J connectivity index is 1.86. The van der Waals surface area contributed by atoms with Crippen molar-refractivity contribution in [2.24, 2.45) is 0 Å². The van der Waals surface area contributed by atoms with Gasteiger partial charge in [0.1, 0.15) is 28.7 Å². The van der Waals surface area contributed by atoms with Crippen molar-refractivity contribution in [2.75, 3.05) is 19.5 Å². The summed E-state index contributed by atoms with van der Waals surface area (Å²) in [6.45, 7) is 0. The minimum absolute atomic E-state index is 0.0498. The van der Waals surface area contributed by atoms with Crippen molar-refractivity contribution < 1.29 is 27.5 Å². The third kappa shape index (κ3) is 3.32. The molecule has 0 bridgehead atoms. The lowest BCUT2D eigenvalue weighted by atomic mass is 10.2. The molecule has 3 rings (SSSR count). The van der Waals surface area contributed by atoms with Crippen LogP contribution < -0.4 is 14.8 Å². The van der Waals surface area contributed by atoms with Gasteiger partial charge in [0.15, 0.2) is 0 Å². The molecule has 0 saturated heterocycles. The van der Waals surface area contributed by atoms with Crippen molar-refractivity contribution in [1.29, 1.82) is 0 Å². The molecule has 1 heterocycles. The molecule has 2 aromatic carbocycles. The van der Waals surface area contributed by atoms with Crippen LogP contribution in [0, 0.1) is 11.6 Å². The molecule has 1 N–H and O–H groups in total. The van der Waals surface area contributed by atoms with Gasteiger partial charge in [-0.2, -0.15) is 0 Å². The molecule has 0 spiro atoms. The van der Waals surface area contributed by atoms with Gasteiger partial charge in [-0.25, -0.2) is 8.78 Å². The van der Waals surface area contributed by atoms with Crippen molar-refractivity contribution in [2.45, 2.75) is 0 Å². The first-order valence-corrected chi connectivity index (χ1v) is 7.34. The molecule has 0 unspecified atom stereocenters. The highest BCUT2D eigenvalue weighted by Crippen LogP contribution is 2.33. The van der Waals surface area contributed by atoms with Crippen molar-refractivity contribution in [1.82, 2.24) is 10.2 Å². The van der Waals surface area contributed by atoms with Gasteiger partial charge in [0, 0.05) is 6.07 Å². The molecule has 0 radical (unpaired) electrons. The molecule has 9 heteroatoms. The van der Waals surface area contributed by atoms with E-state index in [1.165, 1.54) is 14.2 Å². The molecule has 0 saturated carbocycles. The van der Waals surface area contributed by atoms with Crippen LogP contribution in [0.1, 0.15) is 10.4 Å². The van der Waals surface area contributed by atoms with Crippen LogP contribution in [0.25, 0.3) is 11.5 Å². The smallest absolute Gasteiger partial charge is 0.322 e. The zero-order chi connectivity index (χ0) is 18.7. The van der Waals surface area contributed by atoms with E-state index in [0.29, 0.717) is 17.1 Å². The van der Waals surface area contributed by atoms with Gasteiger partial charge < -0.3 is 13.9 Å². The SMILES string of the molecule is COc1ccc(-c2nnc(NC(=O)c3c(F)cccc3F)o2)c(OC)c1. The molecule has 0 fully saturated rings. The number of anilines is 1. The maximum Gasteiger partial charge on any atom is 0.322 e. The number of ether oxygens (including phenoxy) is 2. The number of hydrogen-bond donors (Lipinski definition) is 1. The van der Waals surface area contributed by atoms with E-state index in [9.17, 15) is 13.6 Å². The van der Waals surface area contributed by atoms with Gasteiger partial charge >= 0.3 is 6.01 Å². The molecule has 0 atom stereocenters. The Bertz CT molecular complexity index is 939. The number of carbonyl (C=O) groups is 1. The lowest BCUT2D eigenvalue weighted by Crippen LogP contribution is -2.16. The van der Waals surface area contributed by atoms with Crippen LogP contribution in [0.5, 0.6) is 11.5 Å². The highest BCUT2D eigenvalue weighted by molar-refractivity contribution is 6.03. The van der Waals surface area contributed by atoms with Crippen molar-refractivity contribution in [3.05, 3.63) is 53.6 Å². The fourth-order valence-electron chi connectivity index (χ4n) is 2.23. The predicted molar refractivity (Wildman–Crippen MR) is 87.1 cm³/mol. The van der Waals surface area contributed by atoms with Gasteiger partial charge in [0.2, 0.25) is 0 Å². The van der Waals surface area contributed by atoms with E-state index in [1.807, 2.05) is 0 Å². The Morgan fingerprint density at radius 3 is 2.46 bits per heavy atom. The molecule has 0 aliphatic heterocycles. The Morgan fingerprint density at radius 1 is 1.08 bits per heavy atom. The first kappa shape index (κ1) is 17.3. The second kappa shape index (κ2) is 7.18. The summed E-state index contributed by atoms with van der Waals surface area (Å²) in [5.41, 5.74) is -0.285. The molecule has 3 aromatic rings. The second-order valence-corrected chi connectivity index (χ2v) is 5.03. The minimum Gasteiger partial charge on any atom is -0.497 e. The fraction of sp³-hybridized carbons (Fsp3) is 0.118. The maximum absolute atomic E-state index is 13.6. The Kier molecular flexibility index (Phi) is 4.78. The predicted octanol–water partition coefficient (Wildman–Crippen LogP) is 3.28. The third-order valence-electron chi connectivity index (χ3n) is 3.47. The average Bonchev–Trinajstić information content (AvgIpc) is 3.09. The van der Waals surface area contributed by atoms with Crippen molar-refractivity contribution >= 4 is 11.9 Å². The summed E-state index contributed by atoms with van der Waals surface area (Å²) in [6, 6.07) is 7.70. The standard InChI is InChI=1S/C17H13F2N3O4/c1-24-9-6-7-10(13(8-9)25-2)16-21-22-17(26-16)20-15(23)14-11(18)4-3-5-12(14)19/h3-8H,1-2H3,(H,20,22,23). The van der Waals surface area contributed by atoms with E-state index in [4.69, 9.17) is 13.9 Å². The third-order valence-corrected chi connectivity index (χ3v) is 3.47. The van der Waals surface area contributed by atoms with Gasteiger partial charge in [-0.3, -0.25) is 10.1 Å². The number of halogens is 2. The first-order valence-electron chi connectivity index (χ1n) is 7.34. The Labute approximate surface area is 146 Å². The quantitative estimate of drug-likeness (QED) is 0.750. The summed E-state index contributed by atoms with van der Waals surface area (Å²) in [7, 11) is 2.97. The van der Waals surface area contributed by atoms with E-state index in [-0.39, 0.29) is 11.9 Å². The molecule has 1 aromatic heterocycles. The van der Waals surface area contributed by atoms with Crippen LogP contribution in [0.15, 0.2) is 40.8 Å². The topological polar surface area (TPSA) is 86.5 Å². The summed E-state index contributed by atoms with van der Waals surface area (Å²) in [5.74, 6) is -2.02. The Hall–Kier alpha value is -3.49. The number of carbonyl (C=O) groups excluding carboxylic acids is 1. The van der Waals surface area contributed by atoms with E-state index in [0.717, 1.165) is 18.2 Å². The van der Waals surface area contributed by atoms with Crippen LogP contribution in [0.2, 0.25) is 0 Å². The largest absolute Gasteiger partial charge is 0.497 e. The van der Waals surface area contributed by atoms with Crippen LogP contribution in [-0.2, 0) is 0 Å². The molecule has 7 nitrogen and oxygen atoms in total. The minimum atomic E-state index is -1.04. The Morgan fingerprint density at radius 2 is 1.81 bits per heavy atom. The van der Waals surface area contributed by atoms with Crippen LogP contribution in [0.4, 0.5) is 14.8 Å². The number of aromatic nitrogens is 2. The summed E-state index contributed by atoms with van der Waals surface area (Å²) in [5, 5.41) is 9.62. The van der Waals surface area contributed by atoms with E-state index in [2.05, 4.69) is 15.5 Å². The second-order valence-electron chi connectivity index (χ2n) is 5.03. The van der Waals surface area contributed by atoms with Gasteiger partial charge in [-0.15, -0.1) is 5.10 Å². The van der Waals surface area contributed by atoms with Crippen LogP contribution >= 0.6 is 0 Å². The van der Waals surface area contributed by atoms with Gasteiger partial charge in [-0.05, 0) is 24.3 Å². The summed E-state index contributed by atoms with van der Waals surface area (Å²) in [6.07, 6.45) is 0. The maximum atomic E-state index is 13.6. The number of amides is 1. The fourth-order valence-corrected chi connectivity index (χ4v) is 2.23. The first-order chi connectivity index (χ1) is 12.5. The number of methoxy groups -OCH3 is 2. The lowest BCUT2D eigenvalue weighted by Gasteiger charge is -2.07. The van der Waals surface area contributed by atoms with Crippen molar-refractivity contribution in [3.63, 3.8) is 0 Å². The lowest BCUT2D eigenvalue weighted by molar-refractivity contribution is 0.101. The molecule has 134 valence electrons. The van der Waals surface area contributed by atoms with Crippen molar-refractivity contribution in [3.8, 4) is 23.0 Å². The number of nitrogens with one attached hydrogen (secondary N) is 1. The molecule has 26 heavy (non-hydrogen) atoms. The average molecular weight is 361 g/mol. The van der Waals surface area contributed by atoms with Crippen LogP contribution in [-0.4, -0.2) is 30.3 Å². The van der Waals surface area contributed by atoms with E-state index >= 15 is 0 Å².